The normalized spacial score (nSPS) is 11.0. The van der Waals surface area contributed by atoms with Crippen LogP contribution in [0.1, 0.15) is 16.1 Å². The summed E-state index contributed by atoms with van der Waals surface area (Å²) in [7, 11) is 0. The van der Waals surface area contributed by atoms with Gasteiger partial charge in [-0.25, -0.2) is 4.39 Å². The molecule has 0 aliphatic carbocycles. The topological polar surface area (TPSA) is 97.1 Å². The third-order valence-electron chi connectivity index (χ3n) is 3.74. The Hall–Kier alpha value is -4.05. The Morgan fingerprint density at radius 1 is 1.15 bits per heavy atom. The number of rotatable bonds is 5. The van der Waals surface area contributed by atoms with Crippen molar-refractivity contribution < 1.29 is 18.5 Å². The van der Waals surface area contributed by atoms with Crippen LogP contribution >= 0.6 is 0 Å². The molecule has 3 aromatic rings. The zero-order chi connectivity index (χ0) is 19.4. The van der Waals surface area contributed by atoms with E-state index in [1.165, 1.54) is 48.5 Å². The van der Waals surface area contributed by atoms with Gasteiger partial charge in [0.05, 0.1) is 10.5 Å². The highest BCUT2D eigenvalue weighted by Gasteiger charge is 2.17. The number of ketones is 1. The van der Waals surface area contributed by atoms with Crippen LogP contribution < -0.4 is 0 Å². The standard InChI is InChI=1S/C20H11FN2O4/c21-18-7-2-1-6-17(18)20(24)14(12-22)11-16-8-9-19(27-16)13-4-3-5-15(10-13)23(25)26/h1-11H/b14-11+. The molecule has 0 N–H and O–H groups in total. The molecule has 0 saturated heterocycles. The third kappa shape index (κ3) is 3.80. The Morgan fingerprint density at radius 2 is 1.93 bits per heavy atom. The molecule has 0 unspecified atom stereocenters. The number of non-ortho nitro benzene ring substituents is 1. The van der Waals surface area contributed by atoms with Crippen LogP contribution in [0.25, 0.3) is 17.4 Å². The molecule has 0 amide bonds. The molecule has 1 heterocycles. The highest BCUT2D eigenvalue weighted by Crippen LogP contribution is 2.27. The lowest BCUT2D eigenvalue weighted by Gasteiger charge is -2.00. The minimum absolute atomic E-state index is 0.0894. The molecule has 0 fully saturated rings. The maximum Gasteiger partial charge on any atom is 0.270 e. The lowest BCUT2D eigenvalue weighted by Crippen LogP contribution is -2.04. The molecule has 0 aliphatic heterocycles. The number of allylic oxidation sites excluding steroid dienone is 1. The third-order valence-corrected chi connectivity index (χ3v) is 3.74. The van der Waals surface area contributed by atoms with Gasteiger partial charge in [-0.2, -0.15) is 5.26 Å². The van der Waals surface area contributed by atoms with E-state index in [9.17, 15) is 24.6 Å². The molecule has 0 spiro atoms. The average Bonchev–Trinajstić information content (AvgIpc) is 3.15. The number of nitro benzene ring substituents is 1. The number of carbonyl (C=O) groups excluding carboxylic acids is 1. The van der Waals surface area contributed by atoms with Crippen molar-refractivity contribution >= 4 is 17.5 Å². The molecular formula is C20H11FN2O4. The Balaban J connectivity index is 1.92. The number of benzene rings is 2. The van der Waals surface area contributed by atoms with Gasteiger partial charge in [0.1, 0.15) is 29.0 Å². The van der Waals surface area contributed by atoms with Gasteiger partial charge in [-0.3, -0.25) is 14.9 Å². The predicted molar refractivity (Wildman–Crippen MR) is 95.1 cm³/mol. The van der Waals surface area contributed by atoms with Crippen molar-refractivity contribution in [2.24, 2.45) is 0 Å². The number of nitrogens with zero attached hydrogens (tertiary/aromatic N) is 2. The maximum absolute atomic E-state index is 13.8. The van der Waals surface area contributed by atoms with Crippen LogP contribution in [0, 0.1) is 27.3 Å². The summed E-state index contributed by atoms with van der Waals surface area (Å²) in [6.45, 7) is 0. The Labute approximate surface area is 152 Å². The van der Waals surface area contributed by atoms with Crippen LogP contribution in [-0.2, 0) is 0 Å². The summed E-state index contributed by atoms with van der Waals surface area (Å²) >= 11 is 0. The molecule has 132 valence electrons. The van der Waals surface area contributed by atoms with Gasteiger partial charge in [0.25, 0.3) is 5.69 Å². The Morgan fingerprint density at radius 3 is 2.63 bits per heavy atom. The minimum atomic E-state index is -0.760. The second kappa shape index (κ2) is 7.45. The number of carbonyl (C=O) groups is 1. The van der Waals surface area contributed by atoms with Crippen LogP contribution in [0.4, 0.5) is 10.1 Å². The molecule has 7 heteroatoms. The number of nitriles is 1. The quantitative estimate of drug-likeness (QED) is 0.214. The van der Waals surface area contributed by atoms with Gasteiger partial charge in [0.2, 0.25) is 5.78 Å². The van der Waals surface area contributed by atoms with Crippen LogP contribution in [0.15, 0.2) is 70.7 Å². The first-order valence-corrected chi connectivity index (χ1v) is 7.75. The summed E-state index contributed by atoms with van der Waals surface area (Å²) in [5, 5.41) is 20.1. The summed E-state index contributed by atoms with van der Waals surface area (Å²) in [4.78, 5) is 22.7. The molecule has 3 rings (SSSR count). The minimum Gasteiger partial charge on any atom is -0.457 e. The summed E-state index contributed by atoms with van der Waals surface area (Å²) in [5.74, 6) is -0.956. The van der Waals surface area contributed by atoms with E-state index in [0.717, 1.165) is 6.07 Å². The maximum atomic E-state index is 13.8. The number of hydrogen-bond donors (Lipinski definition) is 0. The number of nitro groups is 1. The average molecular weight is 362 g/mol. The first-order chi connectivity index (χ1) is 13.0. The summed E-state index contributed by atoms with van der Waals surface area (Å²) in [6.07, 6.45) is 1.20. The van der Waals surface area contributed by atoms with E-state index < -0.39 is 16.5 Å². The molecule has 27 heavy (non-hydrogen) atoms. The second-order valence-electron chi connectivity index (χ2n) is 5.49. The molecule has 0 aliphatic rings. The van der Waals surface area contributed by atoms with Crippen molar-refractivity contribution in [1.82, 2.24) is 0 Å². The van der Waals surface area contributed by atoms with E-state index in [-0.39, 0.29) is 22.6 Å². The zero-order valence-corrected chi connectivity index (χ0v) is 13.8. The van der Waals surface area contributed by atoms with Gasteiger partial charge in [0.15, 0.2) is 0 Å². The first kappa shape index (κ1) is 17.8. The predicted octanol–water partition coefficient (Wildman–Crippen LogP) is 4.78. The molecule has 2 aromatic carbocycles. The van der Waals surface area contributed by atoms with Crippen LogP contribution in [0.5, 0.6) is 0 Å². The highest BCUT2D eigenvalue weighted by molar-refractivity contribution is 6.14. The number of hydrogen-bond acceptors (Lipinski definition) is 5. The Kier molecular flexibility index (Phi) is 4.90. The van der Waals surface area contributed by atoms with Crippen molar-refractivity contribution in [3.8, 4) is 17.4 Å². The molecule has 6 nitrogen and oxygen atoms in total. The van der Waals surface area contributed by atoms with Crippen LogP contribution in [0.3, 0.4) is 0 Å². The molecular weight excluding hydrogens is 351 g/mol. The van der Waals surface area contributed by atoms with E-state index >= 15 is 0 Å². The lowest BCUT2D eigenvalue weighted by atomic mass is 10.0. The second-order valence-corrected chi connectivity index (χ2v) is 5.49. The van der Waals surface area contributed by atoms with Crippen molar-refractivity contribution in [2.45, 2.75) is 0 Å². The van der Waals surface area contributed by atoms with Crippen LogP contribution in [-0.4, -0.2) is 10.7 Å². The summed E-state index contributed by atoms with van der Waals surface area (Å²) in [6, 6.07) is 16.1. The number of halogens is 1. The van der Waals surface area contributed by atoms with Gasteiger partial charge in [-0.05, 0) is 24.3 Å². The van der Waals surface area contributed by atoms with E-state index in [1.54, 1.807) is 18.2 Å². The first-order valence-electron chi connectivity index (χ1n) is 7.75. The number of furan rings is 1. The fraction of sp³-hybridized carbons (Fsp3) is 0. The van der Waals surface area contributed by atoms with Crippen LogP contribution in [0.2, 0.25) is 0 Å². The van der Waals surface area contributed by atoms with Gasteiger partial charge >= 0.3 is 0 Å². The van der Waals surface area contributed by atoms with E-state index in [1.807, 2.05) is 0 Å². The van der Waals surface area contributed by atoms with Crippen molar-refractivity contribution in [3.63, 3.8) is 0 Å². The molecule has 0 bridgehead atoms. The SMILES string of the molecule is N#C/C(=C\c1ccc(-c2cccc([N+](=O)[O-])c2)o1)C(=O)c1ccccc1F. The fourth-order valence-electron chi connectivity index (χ4n) is 2.44. The summed E-state index contributed by atoms with van der Waals surface area (Å²) < 4.78 is 19.3. The Bertz CT molecular complexity index is 1110. The summed E-state index contributed by atoms with van der Waals surface area (Å²) in [5.41, 5.74) is -0.118. The molecule has 0 saturated carbocycles. The monoisotopic (exact) mass is 362 g/mol. The van der Waals surface area contributed by atoms with Gasteiger partial charge in [-0.15, -0.1) is 0 Å². The molecule has 1 aromatic heterocycles. The van der Waals surface area contributed by atoms with Gasteiger partial charge in [-0.1, -0.05) is 24.3 Å². The van der Waals surface area contributed by atoms with E-state index in [2.05, 4.69) is 0 Å². The molecule has 0 radical (unpaired) electrons. The van der Waals surface area contributed by atoms with Gasteiger partial charge in [0, 0.05) is 23.8 Å². The van der Waals surface area contributed by atoms with Crippen molar-refractivity contribution in [1.29, 1.82) is 5.26 Å². The van der Waals surface area contributed by atoms with E-state index in [4.69, 9.17) is 4.42 Å². The van der Waals surface area contributed by atoms with E-state index in [0.29, 0.717) is 11.3 Å². The highest BCUT2D eigenvalue weighted by atomic mass is 19.1. The fourth-order valence-corrected chi connectivity index (χ4v) is 2.44. The van der Waals surface area contributed by atoms with Gasteiger partial charge < -0.3 is 4.42 Å². The van der Waals surface area contributed by atoms with Crippen molar-refractivity contribution in [2.75, 3.05) is 0 Å². The van der Waals surface area contributed by atoms with Crippen molar-refractivity contribution in [3.05, 3.63) is 93.5 Å². The zero-order valence-electron chi connectivity index (χ0n) is 13.8. The number of Topliss-reactive ketones (excluding diaryl/α,β-unsaturated/α-hetero) is 1. The lowest BCUT2D eigenvalue weighted by molar-refractivity contribution is -0.384. The largest absolute Gasteiger partial charge is 0.457 e. The smallest absolute Gasteiger partial charge is 0.270 e. The molecule has 0 atom stereocenters.